The Labute approximate surface area is 323 Å². The lowest BCUT2D eigenvalue weighted by Gasteiger charge is -2.20. The van der Waals surface area contributed by atoms with Crippen molar-refractivity contribution < 1.29 is 40.6 Å². The predicted molar refractivity (Wildman–Crippen MR) is 202 cm³/mol. The largest absolute Gasteiger partial charge is 0.493 e. The number of ether oxygens (including phenoxy) is 3. The first-order chi connectivity index (χ1) is 26.9. The summed E-state index contributed by atoms with van der Waals surface area (Å²) >= 11 is 0. The number of fused-ring (bicyclic) bond motifs is 4. The van der Waals surface area contributed by atoms with Gasteiger partial charge >= 0.3 is 12.1 Å². The molecule has 0 spiro atoms. The first-order valence-electron chi connectivity index (χ1n) is 18.3. The molecule has 1 unspecified atom stereocenters. The van der Waals surface area contributed by atoms with Crippen LogP contribution in [0.5, 0.6) is 17.5 Å². The van der Waals surface area contributed by atoms with E-state index < -0.39 is 47.9 Å². The molecule has 0 saturated heterocycles. The number of hydrogen-bond acceptors (Lipinski definition) is 13. The molecule has 0 bridgehead atoms. The Morgan fingerprint density at radius 1 is 0.643 bits per heavy atom. The number of benzene rings is 2. The number of amides is 4. The van der Waals surface area contributed by atoms with Crippen molar-refractivity contribution in [2.75, 3.05) is 32.0 Å². The van der Waals surface area contributed by atoms with Crippen LogP contribution in [0.15, 0.2) is 34.3 Å². The Kier molecular flexibility index (Phi) is 9.68. The van der Waals surface area contributed by atoms with Crippen molar-refractivity contribution in [3.05, 3.63) is 74.5 Å². The van der Waals surface area contributed by atoms with Crippen LogP contribution in [0.3, 0.4) is 0 Å². The SMILES string of the molecule is COc1cc(S(=O)(=O)NC(=O)Nc2c3c(cc4c2CCC4c2cnnc(S(=O)(=O)NC(=O)Nc4c5c(cc6c4CCC6)CCC5)c2OC)CCC3)c(OC)nn1. The van der Waals surface area contributed by atoms with Crippen molar-refractivity contribution in [3.8, 4) is 17.5 Å². The van der Waals surface area contributed by atoms with Crippen LogP contribution in [0.4, 0.5) is 21.0 Å². The maximum atomic E-state index is 13.8. The Hall–Kier alpha value is -5.56. The van der Waals surface area contributed by atoms with Crippen molar-refractivity contribution in [3.63, 3.8) is 0 Å². The number of aryl methyl sites for hydroxylation is 3. The van der Waals surface area contributed by atoms with Crippen LogP contribution >= 0.6 is 0 Å². The van der Waals surface area contributed by atoms with Gasteiger partial charge in [-0.3, -0.25) is 0 Å². The fourth-order valence-corrected chi connectivity index (χ4v) is 10.7. The van der Waals surface area contributed by atoms with Crippen LogP contribution in [0.1, 0.15) is 81.7 Å². The zero-order valence-corrected chi connectivity index (χ0v) is 32.6. The molecule has 0 aliphatic heterocycles. The van der Waals surface area contributed by atoms with Gasteiger partial charge in [0.1, 0.15) is 0 Å². The lowest BCUT2D eigenvalue weighted by atomic mass is 9.91. The number of sulfonamides is 2. The minimum Gasteiger partial charge on any atom is -0.493 e. The van der Waals surface area contributed by atoms with E-state index in [2.05, 4.69) is 41.8 Å². The van der Waals surface area contributed by atoms with Gasteiger partial charge < -0.3 is 24.8 Å². The average Bonchev–Trinajstić information content (AvgIpc) is 4.01. The molecule has 1 atom stereocenters. The highest BCUT2D eigenvalue weighted by Crippen LogP contribution is 2.48. The van der Waals surface area contributed by atoms with Gasteiger partial charge in [0, 0.05) is 28.9 Å². The number of carbonyl (C=O) groups is 2. The summed E-state index contributed by atoms with van der Waals surface area (Å²) in [6.07, 6.45) is 10.0. The highest BCUT2D eigenvalue weighted by molar-refractivity contribution is 7.90. The monoisotopic (exact) mass is 804 g/mol. The Bertz CT molecular complexity index is 2500. The molecule has 0 radical (unpaired) electrons. The van der Waals surface area contributed by atoms with Gasteiger partial charge in [-0.25, -0.2) is 27.5 Å². The topological polar surface area (TPSA) is 230 Å². The molecule has 4 aliphatic carbocycles. The van der Waals surface area contributed by atoms with E-state index in [0.29, 0.717) is 36.2 Å². The smallest absolute Gasteiger partial charge is 0.333 e. The second kappa shape index (κ2) is 14.5. The van der Waals surface area contributed by atoms with E-state index in [1.807, 2.05) is 10.8 Å². The summed E-state index contributed by atoms with van der Waals surface area (Å²) in [4.78, 5) is 26.4. The Morgan fingerprint density at radius 3 is 1.82 bits per heavy atom. The van der Waals surface area contributed by atoms with Crippen LogP contribution in [-0.4, -0.2) is 70.6 Å². The quantitative estimate of drug-likeness (QED) is 0.179. The van der Waals surface area contributed by atoms with Crippen LogP contribution < -0.4 is 34.3 Å². The maximum absolute atomic E-state index is 13.8. The predicted octanol–water partition coefficient (Wildman–Crippen LogP) is 3.86. The van der Waals surface area contributed by atoms with E-state index in [4.69, 9.17) is 14.2 Å². The molecule has 4 aromatic rings. The highest BCUT2D eigenvalue weighted by Gasteiger charge is 2.37. The number of urea groups is 2. The minimum absolute atomic E-state index is 0.0613. The molecule has 294 valence electrons. The molecule has 8 rings (SSSR count). The van der Waals surface area contributed by atoms with Gasteiger partial charge in [-0.2, -0.15) is 13.5 Å². The summed E-state index contributed by atoms with van der Waals surface area (Å²) in [7, 11) is -5.21. The first kappa shape index (κ1) is 37.4. The van der Waals surface area contributed by atoms with Gasteiger partial charge in [0.2, 0.25) is 10.9 Å². The summed E-state index contributed by atoms with van der Waals surface area (Å²) in [6.45, 7) is 0. The average molecular weight is 805 g/mol. The second-order valence-corrected chi connectivity index (χ2v) is 17.4. The van der Waals surface area contributed by atoms with Crippen LogP contribution in [-0.2, 0) is 65.0 Å². The molecule has 19 heteroatoms. The fourth-order valence-electron chi connectivity index (χ4n) is 8.68. The lowest BCUT2D eigenvalue weighted by Crippen LogP contribution is -2.36. The highest BCUT2D eigenvalue weighted by atomic mass is 32.2. The Morgan fingerprint density at radius 2 is 1.23 bits per heavy atom. The number of aromatic nitrogens is 4. The van der Waals surface area contributed by atoms with Crippen molar-refractivity contribution >= 4 is 43.5 Å². The van der Waals surface area contributed by atoms with Gasteiger partial charge in [0.15, 0.2) is 10.6 Å². The minimum atomic E-state index is -4.57. The second-order valence-electron chi connectivity index (χ2n) is 14.2. The van der Waals surface area contributed by atoms with Gasteiger partial charge in [-0.15, -0.1) is 15.3 Å². The van der Waals surface area contributed by atoms with E-state index in [1.165, 1.54) is 38.7 Å². The summed E-state index contributed by atoms with van der Waals surface area (Å²) in [6, 6.07) is 3.47. The molecule has 4 N–H and O–H groups in total. The van der Waals surface area contributed by atoms with Crippen molar-refractivity contribution in [1.29, 1.82) is 0 Å². The molecule has 2 heterocycles. The van der Waals surface area contributed by atoms with Crippen molar-refractivity contribution in [2.45, 2.75) is 86.5 Å². The molecule has 0 fully saturated rings. The van der Waals surface area contributed by atoms with Gasteiger partial charge in [0.25, 0.3) is 25.9 Å². The summed E-state index contributed by atoms with van der Waals surface area (Å²) in [5.41, 5.74) is 9.59. The molecule has 2 aromatic heterocycles. The van der Waals surface area contributed by atoms with Crippen LogP contribution in [0.25, 0.3) is 0 Å². The zero-order valence-electron chi connectivity index (χ0n) is 30.9. The number of anilines is 2. The van der Waals surface area contributed by atoms with E-state index in [-0.39, 0.29) is 17.5 Å². The summed E-state index contributed by atoms with van der Waals surface area (Å²) in [5.74, 6) is -0.903. The first-order valence-corrected chi connectivity index (χ1v) is 21.3. The van der Waals surface area contributed by atoms with Gasteiger partial charge in [-0.1, -0.05) is 12.1 Å². The van der Waals surface area contributed by atoms with E-state index >= 15 is 0 Å². The molecule has 4 aliphatic rings. The zero-order chi connectivity index (χ0) is 39.4. The molecular formula is C37H40N8O9S2. The third kappa shape index (κ3) is 6.61. The van der Waals surface area contributed by atoms with Crippen molar-refractivity contribution in [1.82, 2.24) is 29.8 Å². The number of rotatable bonds is 10. The molecule has 2 aromatic carbocycles. The molecule has 0 saturated carbocycles. The number of nitrogens with zero attached hydrogens (tertiary/aromatic N) is 4. The van der Waals surface area contributed by atoms with Crippen LogP contribution in [0, 0.1) is 0 Å². The fraction of sp³-hybridized carbons (Fsp3) is 0.405. The third-order valence-corrected chi connectivity index (χ3v) is 13.6. The molecule has 17 nitrogen and oxygen atoms in total. The summed E-state index contributed by atoms with van der Waals surface area (Å²) in [5, 5.41) is 20.5. The maximum Gasteiger partial charge on any atom is 0.333 e. The van der Waals surface area contributed by atoms with E-state index in [9.17, 15) is 26.4 Å². The summed E-state index contributed by atoms with van der Waals surface area (Å²) < 4.78 is 74.3. The van der Waals surface area contributed by atoms with Crippen molar-refractivity contribution in [2.24, 2.45) is 0 Å². The van der Waals surface area contributed by atoms with E-state index in [1.54, 1.807) is 0 Å². The number of nitrogens with one attached hydrogen (secondary N) is 4. The third-order valence-electron chi connectivity index (χ3n) is 11.0. The molecule has 56 heavy (non-hydrogen) atoms. The van der Waals surface area contributed by atoms with E-state index in [0.717, 1.165) is 90.8 Å². The lowest BCUT2D eigenvalue weighted by molar-refractivity contribution is 0.255. The van der Waals surface area contributed by atoms with Crippen LogP contribution in [0.2, 0.25) is 0 Å². The normalized spacial score (nSPS) is 16.7. The molecule has 4 amide bonds. The number of methoxy groups -OCH3 is 3. The Balaban J connectivity index is 1.07. The van der Waals surface area contributed by atoms with Gasteiger partial charge in [0.05, 0.1) is 27.5 Å². The molecular weight excluding hydrogens is 765 g/mol. The number of hydrogen-bond donors (Lipinski definition) is 4. The standard InChI is InChI=1S/C37H40N8O9S2/c1-52-30-17-29(34(54-3)42-41-30)55(48,49)44-36(46)40-32-24-12-6-9-21(24)16-27-25(13-14-26(27)32)28-18-38-43-35(33(28)53-2)56(50,51)45-37(47)39-31-22-10-4-7-19(22)15-20-8-5-11-23(20)31/h15-18,25H,4-14H2,1-3H3,(H2,39,45,47)(H2,40,44,46). The van der Waals surface area contributed by atoms with Gasteiger partial charge in [-0.05, 0) is 115 Å². The number of carbonyl (C=O) groups excluding carboxylic acids is 2.